The van der Waals surface area contributed by atoms with Gasteiger partial charge in [-0.05, 0) is 12.8 Å². The van der Waals surface area contributed by atoms with Crippen LogP contribution in [0.5, 0.6) is 0 Å². The fourth-order valence-corrected chi connectivity index (χ4v) is 2.37. The fourth-order valence-electron chi connectivity index (χ4n) is 2.37. The maximum atomic E-state index is 12.6. The molecule has 0 aromatic rings. The molecule has 4 unspecified atom stereocenters. The van der Waals surface area contributed by atoms with Crippen LogP contribution in [0.4, 0.5) is 0 Å². The van der Waals surface area contributed by atoms with Crippen LogP contribution in [0.25, 0.3) is 0 Å². The highest BCUT2D eigenvalue weighted by molar-refractivity contribution is 5.95. The van der Waals surface area contributed by atoms with Crippen LogP contribution >= 0.6 is 0 Å². The number of primary amides is 1. The average molecular weight is 477 g/mol. The number of nitrogens with one attached hydrogen (secondary N) is 3. The normalized spacial score (nSPS) is 14.1. The number of hydrogen-bond donors (Lipinski definition) is 9. The molecule has 16 nitrogen and oxygen atoms in total. The molecule has 0 aliphatic carbocycles. The first-order valence-electron chi connectivity index (χ1n) is 9.50. The number of hydrogen-bond acceptors (Lipinski definition) is 9. The molecule has 0 heterocycles. The van der Waals surface area contributed by atoms with E-state index in [-0.39, 0.29) is 6.42 Å². The number of carboxylic acid groups (broad SMARTS) is 3. The van der Waals surface area contributed by atoms with E-state index in [4.69, 9.17) is 31.9 Å². The van der Waals surface area contributed by atoms with E-state index in [1.165, 1.54) is 0 Å². The third kappa shape index (κ3) is 12.0. The van der Waals surface area contributed by atoms with Gasteiger partial charge in [-0.2, -0.15) is 0 Å². The lowest BCUT2D eigenvalue weighted by Crippen LogP contribution is -2.57. The largest absolute Gasteiger partial charge is 0.481 e. The van der Waals surface area contributed by atoms with Gasteiger partial charge in [-0.15, -0.1) is 0 Å². The topological polar surface area (TPSA) is 289 Å². The molecular formula is C17H27N5O11. The number of carbonyl (C=O) groups is 7. The van der Waals surface area contributed by atoms with E-state index in [0.29, 0.717) is 0 Å². The van der Waals surface area contributed by atoms with Gasteiger partial charge in [0, 0.05) is 12.8 Å². The predicted octanol–water partition coefficient (Wildman–Crippen LogP) is -4.55. The summed E-state index contributed by atoms with van der Waals surface area (Å²) in [5.74, 6) is -8.65. The Bertz CT molecular complexity index is 772. The van der Waals surface area contributed by atoms with Crippen molar-refractivity contribution in [3.05, 3.63) is 0 Å². The lowest BCUT2D eigenvalue weighted by molar-refractivity contribution is -0.144. The van der Waals surface area contributed by atoms with Gasteiger partial charge in [0.1, 0.15) is 24.2 Å². The average Bonchev–Trinajstić information content (AvgIpc) is 2.71. The molecule has 11 N–H and O–H groups in total. The van der Waals surface area contributed by atoms with Crippen molar-refractivity contribution in [3.8, 4) is 0 Å². The molecule has 0 spiro atoms. The Labute approximate surface area is 186 Å². The Morgan fingerprint density at radius 3 is 1.64 bits per heavy atom. The van der Waals surface area contributed by atoms with E-state index >= 15 is 0 Å². The lowest BCUT2D eigenvalue weighted by atomic mass is 10.1. The van der Waals surface area contributed by atoms with Crippen molar-refractivity contribution in [1.29, 1.82) is 0 Å². The molecule has 0 aliphatic heterocycles. The van der Waals surface area contributed by atoms with Crippen LogP contribution in [-0.2, 0) is 33.6 Å². The van der Waals surface area contributed by atoms with Crippen LogP contribution in [0.3, 0.4) is 0 Å². The Balaban J connectivity index is 5.53. The summed E-state index contributed by atoms with van der Waals surface area (Å²) in [6.07, 6.45) is -2.86. The highest BCUT2D eigenvalue weighted by atomic mass is 16.4. The van der Waals surface area contributed by atoms with Gasteiger partial charge in [0.2, 0.25) is 23.6 Å². The van der Waals surface area contributed by atoms with Crippen LogP contribution < -0.4 is 27.4 Å². The van der Waals surface area contributed by atoms with E-state index in [2.05, 4.69) is 5.32 Å². The SMILES string of the molecule is NC(=O)CCC(NC(=O)C(N)CO)C(=O)NC(CC(=O)O)C(=O)NC(CCC(=O)O)C(=O)O. The summed E-state index contributed by atoms with van der Waals surface area (Å²) in [7, 11) is 0. The molecule has 0 saturated carbocycles. The predicted molar refractivity (Wildman–Crippen MR) is 106 cm³/mol. The molecular weight excluding hydrogens is 450 g/mol. The van der Waals surface area contributed by atoms with Crippen LogP contribution in [0.2, 0.25) is 0 Å². The minimum Gasteiger partial charge on any atom is -0.481 e. The number of aliphatic hydroxyl groups is 1. The van der Waals surface area contributed by atoms with Crippen LogP contribution in [-0.4, -0.2) is 92.7 Å². The minimum atomic E-state index is -1.82. The van der Waals surface area contributed by atoms with Gasteiger partial charge in [-0.3, -0.25) is 28.8 Å². The Kier molecular flexibility index (Phi) is 12.7. The number of carbonyl (C=O) groups excluding carboxylic acids is 4. The van der Waals surface area contributed by atoms with Gasteiger partial charge in [0.05, 0.1) is 13.0 Å². The number of rotatable bonds is 16. The van der Waals surface area contributed by atoms with Crippen molar-refractivity contribution in [2.75, 3.05) is 6.61 Å². The summed E-state index contributed by atoms with van der Waals surface area (Å²) in [6.45, 7) is -0.771. The number of carboxylic acids is 3. The van der Waals surface area contributed by atoms with E-state index < -0.39 is 98.0 Å². The van der Waals surface area contributed by atoms with Crippen molar-refractivity contribution in [2.24, 2.45) is 11.5 Å². The van der Waals surface area contributed by atoms with Crippen molar-refractivity contribution in [2.45, 2.75) is 56.3 Å². The molecule has 0 bridgehead atoms. The van der Waals surface area contributed by atoms with E-state index in [9.17, 15) is 33.6 Å². The summed E-state index contributed by atoms with van der Waals surface area (Å²) in [6, 6.07) is -6.43. The number of aliphatic carboxylic acids is 3. The standard InChI is InChI=1S/C17H27N5O11/c18-7(6-23)14(29)20-8(1-3-11(19)24)15(30)22-10(5-13(27)28)16(31)21-9(17(32)33)2-4-12(25)26/h7-10,23H,1-6,18H2,(H2,19,24)(H,20,29)(H,21,31)(H,22,30)(H,25,26)(H,27,28)(H,32,33). The Hall–Kier alpha value is -3.79. The first-order chi connectivity index (χ1) is 15.3. The van der Waals surface area contributed by atoms with Gasteiger partial charge in [0.15, 0.2) is 0 Å². The molecule has 4 amide bonds. The maximum Gasteiger partial charge on any atom is 0.326 e. The molecule has 0 fully saturated rings. The molecule has 0 aromatic carbocycles. The lowest BCUT2D eigenvalue weighted by Gasteiger charge is -2.24. The third-order valence-electron chi connectivity index (χ3n) is 4.12. The van der Waals surface area contributed by atoms with Crippen LogP contribution in [0, 0.1) is 0 Å². The Morgan fingerprint density at radius 1 is 0.697 bits per heavy atom. The molecule has 0 rings (SSSR count). The molecule has 33 heavy (non-hydrogen) atoms. The quantitative estimate of drug-likeness (QED) is 0.101. The van der Waals surface area contributed by atoms with Crippen molar-refractivity contribution < 1.29 is 54.0 Å². The smallest absolute Gasteiger partial charge is 0.326 e. The molecule has 0 radical (unpaired) electrons. The zero-order chi connectivity index (χ0) is 25.7. The monoisotopic (exact) mass is 477 g/mol. The molecule has 186 valence electrons. The summed E-state index contributed by atoms with van der Waals surface area (Å²) >= 11 is 0. The summed E-state index contributed by atoms with van der Waals surface area (Å²) in [5, 5.41) is 41.9. The second-order valence-corrected chi connectivity index (χ2v) is 6.85. The van der Waals surface area contributed by atoms with E-state index in [1.54, 1.807) is 0 Å². The third-order valence-corrected chi connectivity index (χ3v) is 4.12. The van der Waals surface area contributed by atoms with Gasteiger partial charge in [0.25, 0.3) is 0 Å². The highest BCUT2D eigenvalue weighted by Crippen LogP contribution is 2.04. The van der Waals surface area contributed by atoms with Crippen LogP contribution in [0.1, 0.15) is 32.1 Å². The molecule has 0 saturated heterocycles. The van der Waals surface area contributed by atoms with Gasteiger partial charge in [-0.1, -0.05) is 0 Å². The second-order valence-electron chi connectivity index (χ2n) is 6.85. The number of aliphatic hydroxyl groups excluding tert-OH is 1. The van der Waals surface area contributed by atoms with Crippen molar-refractivity contribution in [3.63, 3.8) is 0 Å². The first-order valence-corrected chi connectivity index (χ1v) is 9.50. The van der Waals surface area contributed by atoms with E-state index in [0.717, 1.165) is 0 Å². The summed E-state index contributed by atoms with van der Waals surface area (Å²) in [4.78, 5) is 81.0. The number of amides is 4. The molecule has 16 heteroatoms. The zero-order valence-corrected chi connectivity index (χ0v) is 17.4. The maximum absolute atomic E-state index is 12.6. The Morgan fingerprint density at radius 2 is 1.18 bits per heavy atom. The number of nitrogens with two attached hydrogens (primary N) is 2. The van der Waals surface area contributed by atoms with Crippen molar-refractivity contribution >= 4 is 41.5 Å². The molecule has 0 aliphatic rings. The minimum absolute atomic E-state index is 0.358. The van der Waals surface area contributed by atoms with Crippen molar-refractivity contribution in [1.82, 2.24) is 16.0 Å². The van der Waals surface area contributed by atoms with Crippen LogP contribution in [0.15, 0.2) is 0 Å². The zero-order valence-electron chi connectivity index (χ0n) is 17.4. The highest BCUT2D eigenvalue weighted by Gasteiger charge is 2.31. The van der Waals surface area contributed by atoms with Gasteiger partial charge < -0.3 is 47.8 Å². The summed E-state index contributed by atoms with van der Waals surface area (Å²) < 4.78 is 0. The fraction of sp³-hybridized carbons (Fsp3) is 0.588. The van der Waals surface area contributed by atoms with Gasteiger partial charge >= 0.3 is 17.9 Å². The first kappa shape index (κ1) is 29.2. The van der Waals surface area contributed by atoms with E-state index in [1.807, 2.05) is 10.6 Å². The second kappa shape index (κ2) is 14.3. The molecule has 4 atom stereocenters. The summed E-state index contributed by atoms with van der Waals surface area (Å²) in [5.41, 5.74) is 10.4. The van der Waals surface area contributed by atoms with Gasteiger partial charge in [-0.25, -0.2) is 4.79 Å². The molecule has 0 aromatic heterocycles.